The quantitative estimate of drug-likeness (QED) is 0.618. The first-order valence-corrected chi connectivity index (χ1v) is 6.11. The van der Waals surface area contributed by atoms with E-state index in [0.29, 0.717) is 6.54 Å². The molecule has 0 aliphatic heterocycles. The predicted molar refractivity (Wildman–Crippen MR) is 72.8 cm³/mol. The second kappa shape index (κ2) is 6.95. The van der Waals surface area contributed by atoms with Crippen molar-refractivity contribution in [3.8, 4) is 5.88 Å². The third-order valence-corrected chi connectivity index (χ3v) is 2.51. The summed E-state index contributed by atoms with van der Waals surface area (Å²) in [7, 11) is 0. The molecule has 1 atom stereocenters. The third-order valence-electron chi connectivity index (χ3n) is 2.23. The standard InChI is InChI=1S/C10H17ClN6O2/c1-2-3-5(12)4-15-10(18)19-9-8(14)17-7(13)6(11)16-9/h5H,2-4,12H2,1H3,(H,15,18)(H4,13,14,17)/t5-/m1/s1. The van der Waals surface area contributed by atoms with E-state index >= 15 is 0 Å². The summed E-state index contributed by atoms with van der Waals surface area (Å²) < 4.78 is 4.87. The lowest BCUT2D eigenvalue weighted by Gasteiger charge is -2.12. The number of nitrogen functional groups attached to an aromatic ring is 2. The number of nitrogens with zero attached hydrogens (tertiary/aromatic N) is 2. The summed E-state index contributed by atoms with van der Waals surface area (Å²) in [6.45, 7) is 2.30. The van der Waals surface area contributed by atoms with Crippen LogP contribution < -0.4 is 27.3 Å². The van der Waals surface area contributed by atoms with E-state index in [9.17, 15) is 4.79 Å². The van der Waals surface area contributed by atoms with E-state index in [-0.39, 0.29) is 28.7 Å². The lowest BCUT2D eigenvalue weighted by Crippen LogP contribution is -2.38. The van der Waals surface area contributed by atoms with Crippen LogP contribution in [0.1, 0.15) is 19.8 Å². The Bertz CT molecular complexity index is 456. The van der Waals surface area contributed by atoms with Crippen LogP contribution in [0.4, 0.5) is 16.4 Å². The van der Waals surface area contributed by atoms with E-state index in [1.54, 1.807) is 0 Å². The molecule has 0 aliphatic rings. The number of aromatic nitrogens is 2. The molecule has 9 heteroatoms. The second-order valence-electron chi connectivity index (χ2n) is 3.91. The molecule has 19 heavy (non-hydrogen) atoms. The first-order valence-electron chi connectivity index (χ1n) is 5.73. The molecule has 0 aromatic carbocycles. The molecule has 0 radical (unpaired) electrons. The molecule has 0 saturated carbocycles. The van der Waals surface area contributed by atoms with Crippen LogP contribution in [-0.2, 0) is 0 Å². The topological polar surface area (TPSA) is 142 Å². The molecule has 1 aromatic heterocycles. The Hall–Kier alpha value is -1.80. The van der Waals surface area contributed by atoms with Crippen molar-refractivity contribution >= 4 is 29.3 Å². The highest BCUT2D eigenvalue weighted by molar-refractivity contribution is 6.31. The highest BCUT2D eigenvalue weighted by Gasteiger charge is 2.14. The van der Waals surface area contributed by atoms with Crippen molar-refractivity contribution in [3.05, 3.63) is 5.15 Å². The minimum Gasteiger partial charge on any atom is -0.387 e. The number of amides is 1. The normalized spacial score (nSPS) is 11.9. The van der Waals surface area contributed by atoms with E-state index in [1.165, 1.54) is 0 Å². The van der Waals surface area contributed by atoms with E-state index in [1.807, 2.05) is 6.92 Å². The molecular weight excluding hydrogens is 272 g/mol. The van der Waals surface area contributed by atoms with Crippen LogP contribution in [0.15, 0.2) is 0 Å². The Morgan fingerprint density at radius 3 is 2.74 bits per heavy atom. The number of ether oxygens (including phenoxy) is 1. The summed E-state index contributed by atoms with van der Waals surface area (Å²) >= 11 is 5.65. The van der Waals surface area contributed by atoms with Crippen molar-refractivity contribution in [1.82, 2.24) is 15.3 Å². The molecular formula is C10H17ClN6O2. The van der Waals surface area contributed by atoms with Gasteiger partial charge in [0, 0.05) is 12.6 Å². The average molecular weight is 289 g/mol. The molecule has 1 rings (SSSR count). The van der Waals surface area contributed by atoms with Gasteiger partial charge in [-0.05, 0) is 6.42 Å². The van der Waals surface area contributed by atoms with Crippen LogP contribution in [0.2, 0.25) is 5.15 Å². The van der Waals surface area contributed by atoms with Gasteiger partial charge in [-0.15, -0.1) is 0 Å². The minimum atomic E-state index is -0.728. The lowest BCUT2D eigenvalue weighted by atomic mass is 10.2. The largest absolute Gasteiger partial charge is 0.414 e. The Labute approximate surface area is 115 Å². The van der Waals surface area contributed by atoms with Gasteiger partial charge in [0.25, 0.3) is 5.88 Å². The molecule has 1 heterocycles. The fourth-order valence-corrected chi connectivity index (χ4v) is 1.43. The van der Waals surface area contributed by atoms with Crippen molar-refractivity contribution in [3.63, 3.8) is 0 Å². The average Bonchev–Trinajstić information content (AvgIpc) is 2.34. The lowest BCUT2D eigenvalue weighted by molar-refractivity contribution is 0.198. The van der Waals surface area contributed by atoms with E-state index < -0.39 is 6.09 Å². The Balaban J connectivity index is 2.55. The van der Waals surface area contributed by atoms with Crippen LogP contribution >= 0.6 is 11.6 Å². The molecule has 0 aliphatic carbocycles. The smallest absolute Gasteiger partial charge is 0.387 e. The predicted octanol–water partition coefficient (Wildman–Crippen LogP) is 0.510. The van der Waals surface area contributed by atoms with E-state index in [2.05, 4.69) is 15.3 Å². The van der Waals surface area contributed by atoms with Gasteiger partial charge in [0.05, 0.1) is 0 Å². The molecule has 0 spiro atoms. The van der Waals surface area contributed by atoms with Gasteiger partial charge in [-0.3, -0.25) is 0 Å². The van der Waals surface area contributed by atoms with Crippen molar-refractivity contribution in [2.24, 2.45) is 5.73 Å². The monoisotopic (exact) mass is 288 g/mol. The maximum Gasteiger partial charge on any atom is 0.414 e. The number of anilines is 2. The molecule has 1 aromatic rings. The van der Waals surface area contributed by atoms with E-state index in [0.717, 1.165) is 12.8 Å². The summed E-state index contributed by atoms with van der Waals surface area (Å²) in [5.74, 6) is -0.340. The van der Waals surface area contributed by atoms with Crippen LogP contribution in [-0.4, -0.2) is 28.6 Å². The number of hydrogen-bond donors (Lipinski definition) is 4. The molecule has 0 saturated heterocycles. The maximum absolute atomic E-state index is 11.5. The molecule has 0 unspecified atom stereocenters. The summed E-state index contributed by atoms with van der Waals surface area (Å²) in [5.41, 5.74) is 16.6. The fourth-order valence-electron chi connectivity index (χ4n) is 1.31. The molecule has 0 fully saturated rings. The van der Waals surface area contributed by atoms with Crippen molar-refractivity contribution < 1.29 is 9.53 Å². The van der Waals surface area contributed by atoms with Gasteiger partial charge in [0.15, 0.2) is 16.8 Å². The molecule has 106 valence electrons. The van der Waals surface area contributed by atoms with Gasteiger partial charge >= 0.3 is 6.09 Å². The summed E-state index contributed by atoms with van der Waals surface area (Å²) in [6, 6.07) is -0.129. The number of carbonyl (C=O) groups excluding carboxylic acids is 1. The number of rotatable bonds is 5. The Morgan fingerprint density at radius 1 is 1.42 bits per heavy atom. The fraction of sp³-hybridized carbons (Fsp3) is 0.500. The van der Waals surface area contributed by atoms with Crippen LogP contribution in [0.3, 0.4) is 0 Å². The van der Waals surface area contributed by atoms with Crippen LogP contribution in [0.25, 0.3) is 0 Å². The van der Waals surface area contributed by atoms with Gasteiger partial charge < -0.3 is 27.3 Å². The molecule has 0 bridgehead atoms. The number of hydrogen-bond acceptors (Lipinski definition) is 7. The van der Waals surface area contributed by atoms with Gasteiger partial charge in [-0.2, -0.15) is 4.98 Å². The van der Waals surface area contributed by atoms with E-state index in [4.69, 9.17) is 33.5 Å². The zero-order chi connectivity index (χ0) is 14.4. The third kappa shape index (κ3) is 4.76. The SMILES string of the molecule is CCC[C@@H](N)CNC(=O)Oc1nc(Cl)c(N)nc1N. The first kappa shape index (κ1) is 15.3. The summed E-state index contributed by atoms with van der Waals surface area (Å²) in [6.07, 6.45) is 1.01. The van der Waals surface area contributed by atoms with Crippen molar-refractivity contribution in [2.75, 3.05) is 18.0 Å². The van der Waals surface area contributed by atoms with Crippen LogP contribution in [0.5, 0.6) is 5.88 Å². The minimum absolute atomic E-state index is 0.0307. The van der Waals surface area contributed by atoms with Crippen molar-refractivity contribution in [1.29, 1.82) is 0 Å². The maximum atomic E-state index is 11.5. The summed E-state index contributed by atoms with van der Waals surface area (Å²) in [5, 5.41) is 2.41. The zero-order valence-corrected chi connectivity index (χ0v) is 11.3. The van der Waals surface area contributed by atoms with Gasteiger partial charge in [-0.1, -0.05) is 24.9 Å². The highest BCUT2D eigenvalue weighted by atomic mass is 35.5. The van der Waals surface area contributed by atoms with Gasteiger partial charge in [0.2, 0.25) is 0 Å². The number of nitrogens with two attached hydrogens (primary N) is 3. The Kier molecular flexibility index (Phi) is 5.58. The zero-order valence-electron chi connectivity index (χ0n) is 10.5. The number of carbonyl (C=O) groups is 1. The molecule has 7 N–H and O–H groups in total. The highest BCUT2D eigenvalue weighted by Crippen LogP contribution is 2.22. The van der Waals surface area contributed by atoms with Crippen molar-refractivity contribution in [2.45, 2.75) is 25.8 Å². The Morgan fingerprint density at radius 2 is 2.11 bits per heavy atom. The van der Waals surface area contributed by atoms with Crippen LogP contribution in [0, 0.1) is 0 Å². The number of nitrogens with one attached hydrogen (secondary N) is 1. The second-order valence-corrected chi connectivity index (χ2v) is 4.27. The van der Waals surface area contributed by atoms with Gasteiger partial charge in [0.1, 0.15) is 0 Å². The number of halogens is 1. The molecule has 8 nitrogen and oxygen atoms in total. The molecule has 1 amide bonds. The van der Waals surface area contributed by atoms with Gasteiger partial charge in [-0.25, -0.2) is 9.78 Å². The first-order chi connectivity index (χ1) is 8.93. The summed E-state index contributed by atoms with van der Waals surface area (Å²) in [4.78, 5) is 18.9.